The highest BCUT2D eigenvalue weighted by Crippen LogP contribution is 2.46. The molecule has 5 heteroatoms. The van der Waals surface area contributed by atoms with Crippen LogP contribution in [0, 0.1) is 18.8 Å². The molecule has 2 fully saturated rings. The molecule has 2 aliphatic rings. The largest absolute Gasteiger partial charge is 0.481 e. The van der Waals surface area contributed by atoms with Crippen molar-refractivity contribution >= 4 is 17.6 Å². The van der Waals surface area contributed by atoms with Crippen molar-refractivity contribution in [2.24, 2.45) is 11.8 Å². The van der Waals surface area contributed by atoms with Crippen LogP contribution in [0.3, 0.4) is 0 Å². The van der Waals surface area contributed by atoms with Crippen molar-refractivity contribution in [3.8, 4) is 0 Å². The van der Waals surface area contributed by atoms with Crippen molar-refractivity contribution in [2.45, 2.75) is 44.8 Å². The van der Waals surface area contributed by atoms with Crippen LogP contribution in [0.1, 0.15) is 36.8 Å². The molecular formula is C18H24ClNO3. The number of halogens is 1. The molecule has 23 heavy (non-hydrogen) atoms. The second-order valence-electron chi connectivity index (χ2n) is 7.18. The molecular weight excluding hydrogens is 314 g/mol. The number of rotatable bonds is 4. The number of carbonyl (C=O) groups is 1. The number of hydrogen-bond donors (Lipinski definition) is 2. The Morgan fingerprint density at radius 1 is 1.35 bits per heavy atom. The Morgan fingerprint density at radius 2 is 2.00 bits per heavy atom. The fraction of sp³-hybridized carbons (Fsp3) is 0.611. The lowest BCUT2D eigenvalue weighted by Crippen LogP contribution is -2.54. The van der Waals surface area contributed by atoms with E-state index in [1.165, 1.54) is 5.56 Å². The molecule has 1 aliphatic heterocycles. The van der Waals surface area contributed by atoms with Gasteiger partial charge >= 0.3 is 5.97 Å². The Bertz CT molecular complexity index is 590. The van der Waals surface area contributed by atoms with E-state index in [0.717, 1.165) is 43.1 Å². The Balaban J connectivity index is 1.51. The SMILES string of the molecule is Cc1cc(CN2CCC(C3(O)CC(C(=O)O)C3)CC2)ccc1Cl. The lowest BCUT2D eigenvalue weighted by atomic mass is 9.62. The molecule has 0 unspecified atom stereocenters. The summed E-state index contributed by atoms with van der Waals surface area (Å²) in [6.45, 7) is 4.82. The van der Waals surface area contributed by atoms with Gasteiger partial charge in [-0.15, -0.1) is 0 Å². The van der Waals surface area contributed by atoms with Crippen LogP contribution < -0.4 is 0 Å². The zero-order valence-electron chi connectivity index (χ0n) is 13.5. The van der Waals surface area contributed by atoms with E-state index < -0.39 is 11.6 Å². The molecule has 0 aromatic heterocycles. The first-order chi connectivity index (χ1) is 10.9. The van der Waals surface area contributed by atoms with Gasteiger partial charge in [0, 0.05) is 11.6 Å². The number of piperidine rings is 1. The van der Waals surface area contributed by atoms with Crippen LogP contribution in [0.5, 0.6) is 0 Å². The fourth-order valence-electron chi connectivity index (χ4n) is 3.99. The monoisotopic (exact) mass is 337 g/mol. The van der Waals surface area contributed by atoms with Gasteiger partial charge in [-0.1, -0.05) is 23.7 Å². The highest BCUT2D eigenvalue weighted by molar-refractivity contribution is 6.31. The predicted octanol–water partition coefficient (Wildman–Crippen LogP) is 3.09. The van der Waals surface area contributed by atoms with Gasteiger partial charge < -0.3 is 10.2 Å². The van der Waals surface area contributed by atoms with Crippen molar-refractivity contribution in [1.82, 2.24) is 4.90 Å². The average molecular weight is 338 g/mol. The summed E-state index contributed by atoms with van der Waals surface area (Å²) in [6, 6.07) is 6.14. The standard InChI is InChI=1S/C18H24ClNO3/c1-12-8-13(2-3-16(12)19)11-20-6-4-15(5-7-20)18(23)9-14(10-18)17(21)22/h2-3,8,14-15,23H,4-7,9-11H2,1H3,(H,21,22). The third-order valence-electron chi connectivity index (χ3n) is 5.53. The zero-order chi connectivity index (χ0) is 16.6. The Hall–Kier alpha value is -1.10. The van der Waals surface area contributed by atoms with Gasteiger partial charge in [0.05, 0.1) is 11.5 Å². The molecule has 0 spiro atoms. The van der Waals surface area contributed by atoms with E-state index in [2.05, 4.69) is 17.0 Å². The molecule has 1 aliphatic carbocycles. The van der Waals surface area contributed by atoms with Crippen LogP contribution in [-0.4, -0.2) is 39.8 Å². The van der Waals surface area contributed by atoms with Gasteiger partial charge in [-0.05, 0) is 68.8 Å². The van der Waals surface area contributed by atoms with Gasteiger partial charge in [-0.3, -0.25) is 9.69 Å². The van der Waals surface area contributed by atoms with Crippen LogP contribution in [0.4, 0.5) is 0 Å². The first-order valence-corrected chi connectivity index (χ1v) is 8.68. The van der Waals surface area contributed by atoms with E-state index in [-0.39, 0.29) is 11.8 Å². The lowest BCUT2D eigenvalue weighted by molar-refractivity contribution is -0.170. The summed E-state index contributed by atoms with van der Waals surface area (Å²) in [4.78, 5) is 13.3. The van der Waals surface area contributed by atoms with Gasteiger partial charge in [0.15, 0.2) is 0 Å². The van der Waals surface area contributed by atoms with E-state index in [4.69, 9.17) is 16.7 Å². The number of aliphatic carboxylic acids is 1. The molecule has 0 atom stereocenters. The van der Waals surface area contributed by atoms with Crippen molar-refractivity contribution in [3.05, 3.63) is 34.3 Å². The second kappa shape index (κ2) is 6.42. The Morgan fingerprint density at radius 3 is 2.57 bits per heavy atom. The molecule has 1 saturated heterocycles. The van der Waals surface area contributed by atoms with Gasteiger partial charge in [-0.25, -0.2) is 0 Å². The zero-order valence-corrected chi connectivity index (χ0v) is 14.2. The highest BCUT2D eigenvalue weighted by atomic mass is 35.5. The van der Waals surface area contributed by atoms with E-state index in [1.807, 2.05) is 13.0 Å². The molecule has 0 radical (unpaired) electrons. The molecule has 1 heterocycles. The number of aryl methyl sites for hydroxylation is 1. The third kappa shape index (κ3) is 3.54. The summed E-state index contributed by atoms with van der Waals surface area (Å²) < 4.78 is 0. The average Bonchev–Trinajstić information content (AvgIpc) is 2.48. The Labute approximate surface area is 142 Å². The van der Waals surface area contributed by atoms with Crippen molar-refractivity contribution in [1.29, 1.82) is 0 Å². The molecule has 0 bridgehead atoms. The van der Waals surface area contributed by atoms with Crippen LogP contribution >= 0.6 is 11.6 Å². The summed E-state index contributed by atoms with van der Waals surface area (Å²) in [7, 11) is 0. The van der Waals surface area contributed by atoms with Crippen LogP contribution in [0.15, 0.2) is 18.2 Å². The third-order valence-corrected chi connectivity index (χ3v) is 5.95. The van der Waals surface area contributed by atoms with Gasteiger partial charge in [0.1, 0.15) is 0 Å². The predicted molar refractivity (Wildman–Crippen MR) is 89.5 cm³/mol. The maximum absolute atomic E-state index is 10.9. The van der Waals surface area contributed by atoms with Crippen molar-refractivity contribution < 1.29 is 15.0 Å². The number of carboxylic acid groups (broad SMARTS) is 1. The first-order valence-electron chi connectivity index (χ1n) is 8.30. The Kier molecular flexibility index (Phi) is 4.68. The molecule has 126 valence electrons. The number of benzene rings is 1. The minimum atomic E-state index is -0.773. The van der Waals surface area contributed by atoms with Crippen LogP contribution in [-0.2, 0) is 11.3 Å². The smallest absolute Gasteiger partial charge is 0.306 e. The summed E-state index contributed by atoms with van der Waals surface area (Å²) in [6.07, 6.45) is 2.72. The molecule has 1 aromatic carbocycles. The lowest BCUT2D eigenvalue weighted by Gasteiger charge is -2.49. The number of nitrogens with zero attached hydrogens (tertiary/aromatic N) is 1. The van der Waals surface area contributed by atoms with Gasteiger partial charge in [0.2, 0.25) is 0 Å². The molecule has 1 aromatic rings. The van der Waals surface area contributed by atoms with Crippen LogP contribution in [0.25, 0.3) is 0 Å². The summed E-state index contributed by atoms with van der Waals surface area (Å²) in [5.41, 5.74) is 1.62. The minimum absolute atomic E-state index is 0.237. The van der Waals surface area contributed by atoms with Crippen molar-refractivity contribution in [3.63, 3.8) is 0 Å². The van der Waals surface area contributed by atoms with E-state index in [0.29, 0.717) is 12.8 Å². The first kappa shape index (κ1) is 16.7. The van der Waals surface area contributed by atoms with Crippen LogP contribution in [0.2, 0.25) is 5.02 Å². The topological polar surface area (TPSA) is 60.8 Å². The molecule has 1 saturated carbocycles. The number of carboxylic acids is 1. The maximum Gasteiger partial charge on any atom is 0.306 e. The highest BCUT2D eigenvalue weighted by Gasteiger charge is 2.51. The quantitative estimate of drug-likeness (QED) is 0.886. The molecule has 3 rings (SSSR count). The summed E-state index contributed by atoms with van der Waals surface area (Å²) >= 11 is 6.07. The number of hydrogen-bond acceptors (Lipinski definition) is 3. The van der Waals surface area contributed by atoms with Gasteiger partial charge in [-0.2, -0.15) is 0 Å². The van der Waals surface area contributed by atoms with E-state index in [1.54, 1.807) is 0 Å². The van der Waals surface area contributed by atoms with E-state index in [9.17, 15) is 9.90 Å². The van der Waals surface area contributed by atoms with E-state index >= 15 is 0 Å². The molecule has 0 amide bonds. The number of likely N-dealkylation sites (tertiary alicyclic amines) is 1. The maximum atomic E-state index is 10.9. The fourth-order valence-corrected chi connectivity index (χ4v) is 4.11. The minimum Gasteiger partial charge on any atom is -0.481 e. The second-order valence-corrected chi connectivity index (χ2v) is 7.59. The summed E-state index contributed by atoms with van der Waals surface area (Å²) in [5.74, 6) is -0.887. The molecule has 2 N–H and O–H groups in total. The number of aliphatic hydroxyl groups is 1. The molecule has 4 nitrogen and oxygen atoms in total. The normalized spacial score (nSPS) is 29.3. The summed E-state index contributed by atoms with van der Waals surface area (Å²) in [5, 5.41) is 20.4. The van der Waals surface area contributed by atoms with Gasteiger partial charge in [0.25, 0.3) is 0 Å². The van der Waals surface area contributed by atoms with Crippen molar-refractivity contribution in [2.75, 3.05) is 13.1 Å².